The molecule has 120 valence electrons. The Morgan fingerprint density at radius 3 is 1.62 bits per heavy atom. The van der Waals surface area contributed by atoms with Crippen LogP contribution in [0.5, 0.6) is 0 Å². The summed E-state index contributed by atoms with van der Waals surface area (Å²) in [7, 11) is 1.93. The van der Waals surface area contributed by atoms with Gasteiger partial charge in [-0.2, -0.15) is 0 Å². The van der Waals surface area contributed by atoms with E-state index < -0.39 is 0 Å². The zero-order chi connectivity index (χ0) is 17.1. The Kier molecular flexibility index (Phi) is 4.48. The van der Waals surface area contributed by atoms with E-state index in [1.54, 1.807) is 0 Å². The van der Waals surface area contributed by atoms with Crippen LogP contribution in [0.25, 0.3) is 22.3 Å². The van der Waals surface area contributed by atoms with Gasteiger partial charge in [0, 0.05) is 18.2 Å². The summed E-state index contributed by atoms with van der Waals surface area (Å²) in [5.41, 5.74) is 8.94. The van der Waals surface area contributed by atoms with Gasteiger partial charge in [0.25, 0.3) is 0 Å². The topological polar surface area (TPSA) is 24.4 Å². The van der Waals surface area contributed by atoms with E-state index in [1.165, 1.54) is 16.7 Å². The van der Waals surface area contributed by atoms with E-state index in [9.17, 15) is 0 Å². The Hall–Kier alpha value is -2.87. The van der Waals surface area contributed by atoms with Crippen LogP contribution in [0.15, 0.2) is 65.7 Å². The van der Waals surface area contributed by atoms with E-state index in [0.717, 1.165) is 28.1 Å². The minimum absolute atomic E-state index is 0.888. The quantitative estimate of drug-likeness (QED) is 0.586. The third-order valence-electron chi connectivity index (χ3n) is 4.31. The van der Waals surface area contributed by atoms with Gasteiger partial charge in [-0.15, -0.1) is 0 Å². The second kappa shape index (κ2) is 6.71. The molecule has 0 saturated heterocycles. The Balaban J connectivity index is 2.19. The lowest BCUT2D eigenvalue weighted by Gasteiger charge is -2.16. The molecule has 0 saturated carbocycles. The van der Waals surface area contributed by atoms with E-state index in [1.807, 2.05) is 7.05 Å². The fourth-order valence-corrected chi connectivity index (χ4v) is 2.95. The fraction of sp³-hybridized carbons (Fsp3) is 0.136. The highest BCUT2D eigenvalue weighted by Crippen LogP contribution is 2.42. The van der Waals surface area contributed by atoms with Crippen LogP contribution >= 0.6 is 0 Å². The van der Waals surface area contributed by atoms with Gasteiger partial charge < -0.3 is 5.32 Å². The number of anilines is 1. The zero-order valence-electron chi connectivity index (χ0n) is 14.4. The van der Waals surface area contributed by atoms with Crippen molar-refractivity contribution in [2.45, 2.75) is 13.8 Å². The van der Waals surface area contributed by atoms with Crippen molar-refractivity contribution in [3.05, 3.63) is 71.8 Å². The average molecular weight is 314 g/mol. The van der Waals surface area contributed by atoms with Crippen molar-refractivity contribution in [2.24, 2.45) is 4.99 Å². The molecular weight excluding hydrogens is 292 g/mol. The minimum Gasteiger partial charge on any atom is -0.386 e. The summed E-state index contributed by atoms with van der Waals surface area (Å²) in [6.07, 6.45) is 0. The molecule has 24 heavy (non-hydrogen) atoms. The molecule has 3 rings (SSSR count). The second-order valence-corrected chi connectivity index (χ2v) is 6.02. The van der Waals surface area contributed by atoms with Crippen LogP contribution in [0.3, 0.4) is 0 Å². The smallest absolute Gasteiger partial charge is 0.0938 e. The first-order valence-corrected chi connectivity index (χ1v) is 8.09. The Labute approximate surface area is 143 Å². The van der Waals surface area contributed by atoms with Gasteiger partial charge in [0.05, 0.1) is 11.4 Å². The van der Waals surface area contributed by atoms with E-state index in [2.05, 4.69) is 91.5 Å². The highest BCUT2D eigenvalue weighted by Gasteiger charge is 2.14. The van der Waals surface area contributed by atoms with Crippen LogP contribution in [0, 0.1) is 13.8 Å². The number of hydrogen-bond acceptors (Lipinski definition) is 2. The molecule has 3 aromatic rings. The molecule has 0 atom stereocenters. The molecule has 0 heterocycles. The summed E-state index contributed by atoms with van der Waals surface area (Å²) < 4.78 is 0. The largest absolute Gasteiger partial charge is 0.386 e. The number of rotatable bonds is 4. The number of hydrogen-bond donors (Lipinski definition) is 1. The van der Waals surface area contributed by atoms with Crippen molar-refractivity contribution in [2.75, 3.05) is 12.4 Å². The van der Waals surface area contributed by atoms with E-state index in [-0.39, 0.29) is 0 Å². The summed E-state index contributed by atoms with van der Waals surface area (Å²) >= 11 is 0. The standard InChI is InChI=1S/C22H22N2/c1-15-5-9-17(10-6-15)19-13-14-20(22(24-4)21(19)23-3)18-11-7-16(2)8-12-18/h5-14,24H,3H2,1-2,4H3. The highest BCUT2D eigenvalue weighted by molar-refractivity contribution is 5.95. The van der Waals surface area contributed by atoms with E-state index in [0.29, 0.717) is 0 Å². The van der Waals surface area contributed by atoms with Gasteiger partial charge in [0.1, 0.15) is 0 Å². The minimum atomic E-state index is 0.888. The second-order valence-electron chi connectivity index (χ2n) is 6.02. The first-order chi connectivity index (χ1) is 11.6. The fourth-order valence-electron chi connectivity index (χ4n) is 2.95. The molecular formula is C22H22N2. The Bertz CT molecular complexity index is 860. The zero-order valence-corrected chi connectivity index (χ0v) is 14.4. The van der Waals surface area contributed by atoms with Gasteiger partial charge >= 0.3 is 0 Å². The summed E-state index contributed by atoms with van der Waals surface area (Å²) in [6, 6.07) is 21.3. The van der Waals surface area contributed by atoms with Gasteiger partial charge in [0.15, 0.2) is 0 Å². The van der Waals surface area contributed by atoms with Crippen molar-refractivity contribution >= 4 is 18.1 Å². The van der Waals surface area contributed by atoms with Gasteiger partial charge in [-0.1, -0.05) is 71.8 Å². The van der Waals surface area contributed by atoms with Crippen molar-refractivity contribution in [1.82, 2.24) is 0 Å². The molecule has 0 amide bonds. The maximum Gasteiger partial charge on any atom is 0.0938 e. The summed E-state index contributed by atoms with van der Waals surface area (Å²) in [5, 5.41) is 3.32. The summed E-state index contributed by atoms with van der Waals surface area (Å²) in [4.78, 5) is 4.33. The average Bonchev–Trinajstić information content (AvgIpc) is 2.62. The predicted molar refractivity (Wildman–Crippen MR) is 106 cm³/mol. The molecule has 1 N–H and O–H groups in total. The Morgan fingerprint density at radius 1 is 0.708 bits per heavy atom. The van der Waals surface area contributed by atoms with E-state index >= 15 is 0 Å². The van der Waals surface area contributed by atoms with Crippen LogP contribution in [-0.4, -0.2) is 13.8 Å². The normalized spacial score (nSPS) is 10.5. The molecule has 0 aliphatic carbocycles. The maximum absolute atomic E-state index is 4.33. The van der Waals surface area contributed by atoms with Crippen LogP contribution in [-0.2, 0) is 0 Å². The number of benzene rings is 3. The molecule has 0 fully saturated rings. The molecule has 0 aromatic heterocycles. The molecule has 2 nitrogen and oxygen atoms in total. The van der Waals surface area contributed by atoms with Gasteiger partial charge in [-0.25, -0.2) is 0 Å². The van der Waals surface area contributed by atoms with Gasteiger partial charge in [0.2, 0.25) is 0 Å². The van der Waals surface area contributed by atoms with Crippen LogP contribution in [0.1, 0.15) is 11.1 Å². The monoisotopic (exact) mass is 314 g/mol. The van der Waals surface area contributed by atoms with Gasteiger partial charge in [-0.3, -0.25) is 4.99 Å². The maximum atomic E-state index is 4.33. The SMILES string of the molecule is C=Nc1c(-c2ccc(C)cc2)ccc(-c2ccc(C)cc2)c1NC. The third kappa shape index (κ3) is 2.95. The molecule has 0 unspecified atom stereocenters. The lowest BCUT2D eigenvalue weighted by atomic mass is 9.95. The molecule has 3 aromatic carbocycles. The first-order valence-electron chi connectivity index (χ1n) is 8.09. The van der Waals surface area contributed by atoms with E-state index in [4.69, 9.17) is 0 Å². The molecule has 0 aliphatic rings. The lowest BCUT2D eigenvalue weighted by molar-refractivity contribution is 1.42. The van der Waals surface area contributed by atoms with Crippen molar-refractivity contribution in [3.8, 4) is 22.3 Å². The van der Waals surface area contributed by atoms with Crippen molar-refractivity contribution < 1.29 is 0 Å². The number of aryl methyl sites for hydroxylation is 2. The number of nitrogens with zero attached hydrogens (tertiary/aromatic N) is 1. The number of nitrogens with one attached hydrogen (secondary N) is 1. The number of aliphatic imine (C=N–C) groups is 1. The molecule has 0 bridgehead atoms. The third-order valence-corrected chi connectivity index (χ3v) is 4.31. The Morgan fingerprint density at radius 2 is 1.17 bits per heavy atom. The summed E-state index contributed by atoms with van der Waals surface area (Å²) in [5.74, 6) is 0. The van der Waals surface area contributed by atoms with Crippen LogP contribution in [0.2, 0.25) is 0 Å². The van der Waals surface area contributed by atoms with Crippen molar-refractivity contribution in [3.63, 3.8) is 0 Å². The molecule has 0 spiro atoms. The van der Waals surface area contributed by atoms with Gasteiger partial charge in [-0.05, 0) is 31.7 Å². The highest BCUT2D eigenvalue weighted by atomic mass is 14.9. The predicted octanol–water partition coefficient (Wildman–Crippen LogP) is 6.01. The molecule has 2 heteroatoms. The van der Waals surface area contributed by atoms with Crippen LogP contribution in [0.4, 0.5) is 11.4 Å². The first kappa shape index (κ1) is 16.0. The lowest BCUT2D eigenvalue weighted by Crippen LogP contribution is -1.95. The molecule has 0 radical (unpaired) electrons. The summed E-state index contributed by atoms with van der Waals surface area (Å²) in [6.45, 7) is 7.99. The van der Waals surface area contributed by atoms with Crippen molar-refractivity contribution in [1.29, 1.82) is 0 Å². The molecule has 0 aliphatic heterocycles. The van der Waals surface area contributed by atoms with Crippen LogP contribution < -0.4 is 5.32 Å².